The van der Waals surface area contributed by atoms with E-state index in [-0.39, 0.29) is 11.3 Å². The van der Waals surface area contributed by atoms with Crippen LogP contribution in [-0.2, 0) is 21.9 Å². The molecular weight excluding hydrogens is 518 g/mol. The maximum atomic E-state index is 13.7. The number of rotatable bonds is 7. The predicted octanol–water partition coefficient (Wildman–Crippen LogP) is 5.98. The number of alkyl halides is 6. The summed E-state index contributed by atoms with van der Waals surface area (Å²) in [5.74, 6) is -2.02. The van der Waals surface area contributed by atoms with Gasteiger partial charge < -0.3 is 15.2 Å². The molecule has 0 saturated heterocycles. The van der Waals surface area contributed by atoms with Crippen molar-refractivity contribution in [1.29, 1.82) is 0 Å². The van der Waals surface area contributed by atoms with Crippen LogP contribution in [0.2, 0.25) is 0 Å². The summed E-state index contributed by atoms with van der Waals surface area (Å²) in [6, 6.07) is 11.1. The van der Waals surface area contributed by atoms with E-state index in [1.165, 1.54) is 32.4 Å². The first-order valence-corrected chi connectivity index (χ1v) is 10.7. The SMILES string of the molecule is COc1ccc(C=C(C(N)=O)C(=O)N(c2cccc(C(F)(F)F)c2)c2cccc(C(F)(F)F)c2)c(OC)c1. The molecule has 0 aromatic heterocycles. The van der Waals surface area contributed by atoms with Gasteiger partial charge in [0, 0.05) is 23.0 Å². The smallest absolute Gasteiger partial charge is 0.416 e. The average molecular weight is 538 g/mol. The number of carbonyl (C=O) groups is 2. The molecule has 0 unspecified atom stereocenters. The van der Waals surface area contributed by atoms with E-state index in [1.807, 2.05) is 0 Å². The van der Waals surface area contributed by atoms with Crippen molar-refractivity contribution in [3.8, 4) is 11.5 Å². The fourth-order valence-electron chi connectivity index (χ4n) is 3.48. The molecule has 200 valence electrons. The van der Waals surface area contributed by atoms with Gasteiger partial charge in [-0.2, -0.15) is 26.3 Å². The van der Waals surface area contributed by atoms with Gasteiger partial charge in [-0.25, -0.2) is 0 Å². The van der Waals surface area contributed by atoms with Crippen LogP contribution in [0.5, 0.6) is 11.5 Å². The van der Waals surface area contributed by atoms with Crippen molar-refractivity contribution in [2.75, 3.05) is 19.1 Å². The maximum absolute atomic E-state index is 13.7. The van der Waals surface area contributed by atoms with E-state index in [4.69, 9.17) is 15.2 Å². The predicted molar refractivity (Wildman–Crippen MR) is 127 cm³/mol. The molecule has 0 heterocycles. The minimum atomic E-state index is -4.82. The fourth-order valence-corrected chi connectivity index (χ4v) is 3.48. The van der Waals surface area contributed by atoms with Crippen LogP contribution in [0, 0.1) is 0 Å². The number of ether oxygens (including phenoxy) is 2. The summed E-state index contributed by atoms with van der Waals surface area (Å²) in [4.78, 5) is 26.6. The maximum Gasteiger partial charge on any atom is 0.416 e. The lowest BCUT2D eigenvalue weighted by atomic mass is 10.1. The van der Waals surface area contributed by atoms with E-state index in [0.717, 1.165) is 42.5 Å². The van der Waals surface area contributed by atoms with Gasteiger partial charge in [-0.15, -0.1) is 0 Å². The Balaban J connectivity index is 2.25. The van der Waals surface area contributed by atoms with Crippen molar-refractivity contribution in [3.05, 3.63) is 89.0 Å². The molecule has 0 bridgehead atoms. The molecule has 12 heteroatoms. The normalized spacial score (nSPS) is 12.2. The van der Waals surface area contributed by atoms with E-state index >= 15 is 0 Å². The van der Waals surface area contributed by atoms with Crippen LogP contribution < -0.4 is 20.1 Å². The second-order valence-electron chi connectivity index (χ2n) is 7.77. The zero-order chi connectivity index (χ0) is 28.3. The zero-order valence-corrected chi connectivity index (χ0v) is 19.9. The van der Waals surface area contributed by atoms with Crippen molar-refractivity contribution in [1.82, 2.24) is 0 Å². The van der Waals surface area contributed by atoms with E-state index in [0.29, 0.717) is 22.8 Å². The number of hydrogen-bond acceptors (Lipinski definition) is 4. The number of hydrogen-bond donors (Lipinski definition) is 1. The Labute approximate surface area is 212 Å². The third kappa shape index (κ3) is 6.25. The van der Waals surface area contributed by atoms with Crippen molar-refractivity contribution < 1.29 is 45.4 Å². The Kier molecular flexibility index (Phi) is 8.04. The number of carbonyl (C=O) groups excluding carboxylic acids is 2. The standard InChI is InChI=1S/C26H20F6N2O4/c1-37-20-10-9-15(22(14-20)38-2)11-21(23(33)35)24(36)34(18-7-3-5-16(12-18)25(27,28)29)19-8-4-6-17(13-19)26(30,31)32/h3-14H,1-2H3,(H2,33,35). The summed E-state index contributed by atoms with van der Waals surface area (Å²) in [7, 11) is 2.69. The highest BCUT2D eigenvalue weighted by atomic mass is 19.4. The van der Waals surface area contributed by atoms with Crippen LogP contribution in [0.25, 0.3) is 6.08 Å². The Morgan fingerprint density at radius 2 is 1.32 bits per heavy atom. The molecule has 0 fully saturated rings. The number of nitrogens with zero attached hydrogens (tertiary/aromatic N) is 1. The van der Waals surface area contributed by atoms with Crippen molar-refractivity contribution in [2.24, 2.45) is 5.73 Å². The minimum Gasteiger partial charge on any atom is -0.497 e. The molecule has 38 heavy (non-hydrogen) atoms. The molecule has 3 aromatic rings. The minimum absolute atomic E-state index is 0.153. The van der Waals surface area contributed by atoms with Crippen LogP contribution >= 0.6 is 0 Å². The quantitative estimate of drug-likeness (QED) is 0.174. The van der Waals surface area contributed by atoms with Gasteiger partial charge in [0.05, 0.1) is 25.3 Å². The third-order valence-corrected chi connectivity index (χ3v) is 5.30. The molecule has 0 aliphatic heterocycles. The van der Waals surface area contributed by atoms with Crippen molar-refractivity contribution in [3.63, 3.8) is 0 Å². The van der Waals surface area contributed by atoms with Gasteiger partial charge in [0.15, 0.2) is 0 Å². The molecule has 0 spiro atoms. The Morgan fingerprint density at radius 1 is 0.789 bits per heavy atom. The van der Waals surface area contributed by atoms with Crippen LogP contribution in [0.15, 0.2) is 72.3 Å². The number of amides is 2. The van der Waals surface area contributed by atoms with E-state index in [1.54, 1.807) is 0 Å². The molecule has 6 nitrogen and oxygen atoms in total. The molecule has 0 saturated carbocycles. The third-order valence-electron chi connectivity index (χ3n) is 5.30. The topological polar surface area (TPSA) is 81.9 Å². The van der Waals surface area contributed by atoms with Gasteiger partial charge >= 0.3 is 12.4 Å². The van der Waals surface area contributed by atoms with Gasteiger partial charge in [0.1, 0.15) is 17.1 Å². The molecule has 2 amide bonds. The lowest BCUT2D eigenvalue weighted by Crippen LogP contribution is -2.33. The molecule has 0 aliphatic rings. The van der Waals surface area contributed by atoms with E-state index in [2.05, 4.69) is 0 Å². The summed E-state index contributed by atoms with van der Waals surface area (Å²) >= 11 is 0. The lowest BCUT2D eigenvalue weighted by molar-refractivity contribution is -0.138. The van der Waals surface area contributed by atoms with Crippen LogP contribution in [-0.4, -0.2) is 26.0 Å². The second-order valence-corrected chi connectivity index (χ2v) is 7.77. The monoisotopic (exact) mass is 538 g/mol. The first-order chi connectivity index (χ1) is 17.8. The molecule has 0 aliphatic carbocycles. The van der Waals surface area contributed by atoms with E-state index in [9.17, 15) is 35.9 Å². The highest BCUT2D eigenvalue weighted by Gasteiger charge is 2.34. The van der Waals surface area contributed by atoms with Crippen molar-refractivity contribution >= 4 is 29.3 Å². The largest absolute Gasteiger partial charge is 0.497 e. The van der Waals surface area contributed by atoms with Crippen LogP contribution in [0.3, 0.4) is 0 Å². The lowest BCUT2D eigenvalue weighted by Gasteiger charge is -2.25. The van der Waals surface area contributed by atoms with Gasteiger partial charge in [0.25, 0.3) is 11.8 Å². The van der Waals surface area contributed by atoms with Crippen LogP contribution in [0.4, 0.5) is 37.7 Å². The Hall–Kier alpha value is -4.48. The van der Waals surface area contributed by atoms with Gasteiger partial charge in [0.2, 0.25) is 0 Å². The summed E-state index contributed by atoms with van der Waals surface area (Å²) in [5.41, 5.74) is 1.66. The number of benzene rings is 3. The summed E-state index contributed by atoms with van der Waals surface area (Å²) in [6.07, 6.45) is -8.62. The fraction of sp³-hybridized carbons (Fsp3) is 0.154. The molecule has 0 atom stereocenters. The second kappa shape index (κ2) is 10.9. The summed E-state index contributed by atoms with van der Waals surface area (Å²) in [6.45, 7) is 0. The molecule has 3 rings (SSSR count). The number of halogens is 6. The van der Waals surface area contributed by atoms with E-state index < -0.39 is 52.2 Å². The molecule has 2 N–H and O–H groups in total. The molecule has 3 aromatic carbocycles. The Morgan fingerprint density at radius 3 is 1.74 bits per heavy atom. The van der Waals surface area contributed by atoms with Crippen molar-refractivity contribution in [2.45, 2.75) is 12.4 Å². The number of primary amides is 1. The average Bonchev–Trinajstić information content (AvgIpc) is 2.86. The summed E-state index contributed by atoms with van der Waals surface area (Å²) in [5, 5.41) is 0. The van der Waals surface area contributed by atoms with Gasteiger partial charge in [-0.05, 0) is 54.6 Å². The number of anilines is 2. The van der Waals surface area contributed by atoms with Crippen LogP contribution in [0.1, 0.15) is 16.7 Å². The highest BCUT2D eigenvalue weighted by molar-refractivity contribution is 6.28. The highest BCUT2D eigenvalue weighted by Crippen LogP contribution is 2.37. The number of nitrogens with two attached hydrogens (primary N) is 1. The molecule has 0 radical (unpaired) electrons. The molecular formula is C26H20F6N2O4. The Bertz CT molecular complexity index is 1330. The zero-order valence-electron chi connectivity index (χ0n) is 19.9. The van der Waals surface area contributed by atoms with Gasteiger partial charge in [-0.1, -0.05) is 12.1 Å². The first-order valence-electron chi connectivity index (χ1n) is 10.7. The summed E-state index contributed by atoms with van der Waals surface area (Å²) < 4.78 is 90.8. The van der Waals surface area contributed by atoms with Gasteiger partial charge in [-0.3, -0.25) is 14.5 Å². The number of methoxy groups -OCH3 is 2. The first kappa shape index (κ1) is 28.1.